The minimum absolute atomic E-state index is 0.188. The van der Waals surface area contributed by atoms with Crippen LogP contribution in [-0.2, 0) is 11.3 Å². The second kappa shape index (κ2) is 9.47. The molecular weight excluding hydrogens is 510 g/mol. The van der Waals surface area contributed by atoms with Crippen molar-refractivity contribution < 1.29 is 14.3 Å². The summed E-state index contributed by atoms with van der Waals surface area (Å²) in [5.41, 5.74) is 2.60. The molecule has 37 heavy (non-hydrogen) atoms. The number of anilines is 1. The van der Waals surface area contributed by atoms with E-state index in [4.69, 9.17) is 26.7 Å². The Morgan fingerprint density at radius 1 is 1.11 bits per heavy atom. The number of amides is 1. The number of hydrogen-bond donors (Lipinski definition) is 0. The van der Waals surface area contributed by atoms with Crippen molar-refractivity contribution in [1.29, 1.82) is 0 Å². The average Bonchev–Trinajstić information content (AvgIpc) is 3.46. The first-order valence-electron chi connectivity index (χ1n) is 12.0. The molecule has 0 spiro atoms. The van der Waals surface area contributed by atoms with Gasteiger partial charge in [-0.25, -0.2) is 4.98 Å². The fourth-order valence-corrected chi connectivity index (χ4v) is 5.91. The molecule has 0 N–H and O–H groups in total. The highest BCUT2D eigenvalue weighted by molar-refractivity contribution is 8.26. The van der Waals surface area contributed by atoms with Gasteiger partial charge in [-0.1, -0.05) is 36.1 Å². The van der Waals surface area contributed by atoms with Crippen LogP contribution in [0.5, 0.6) is 11.5 Å². The molecule has 0 atom stereocenters. The Morgan fingerprint density at radius 3 is 2.70 bits per heavy atom. The van der Waals surface area contributed by atoms with Gasteiger partial charge in [-0.15, -0.1) is 0 Å². The highest BCUT2D eigenvalue weighted by atomic mass is 32.2. The van der Waals surface area contributed by atoms with Crippen LogP contribution >= 0.6 is 24.0 Å². The zero-order valence-electron chi connectivity index (χ0n) is 20.5. The Hall–Kier alpha value is -3.41. The van der Waals surface area contributed by atoms with Crippen LogP contribution in [0.1, 0.15) is 16.7 Å². The lowest BCUT2D eigenvalue weighted by Gasteiger charge is -2.34. The summed E-state index contributed by atoms with van der Waals surface area (Å²) in [5, 5.41) is 0. The molecule has 0 aliphatic carbocycles. The van der Waals surface area contributed by atoms with Crippen molar-refractivity contribution in [3.63, 3.8) is 0 Å². The number of carbonyl (C=O) groups excluding carboxylic acids is 1. The molecule has 2 saturated heterocycles. The van der Waals surface area contributed by atoms with Crippen LogP contribution in [0.25, 0.3) is 11.7 Å². The minimum atomic E-state index is -0.231. The number of carbonyl (C=O) groups is 1. The van der Waals surface area contributed by atoms with Crippen LogP contribution in [0, 0.1) is 6.92 Å². The zero-order chi connectivity index (χ0) is 25.7. The van der Waals surface area contributed by atoms with Crippen LogP contribution in [0.15, 0.2) is 46.2 Å². The second-order valence-corrected chi connectivity index (χ2v) is 11.0. The fourth-order valence-electron chi connectivity index (χ4n) is 4.68. The maximum atomic E-state index is 13.7. The van der Waals surface area contributed by atoms with E-state index in [1.165, 1.54) is 11.8 Å². The Labute approximate surface area is 223 Å². The van der Waals surface area contributed by atoms with Gasteiger partial charge in [0.15, 0.2) is 11.5 Å². The van der Waals surface area contributed by atoms with Gasteiger partial charge in [0, 0.05) is 32.4 Å². The van der Waals surface area contributed by atoms with Crippen LogP contribution in [0.4, 0.5) is 5.82 Å². The summed E-state index contributed by atoms with van der Waals surface area (Å²) in [4.78, 5) is 38.4. The third-order valence-electron chi connectivity index (χ3n) is 6.79. The first-order valence-corrected chi connectivity index (χ1v) is 13.2. The van der Waals surface area contributed by atoms with E-state index in [1.807, 2.05) is 37.3 Å². The van der Waals surface area contributed by atoms with Gasteiger partial charge < -0.3 is 19.3 Å². The van der Waals surface area contributed by atoms with E-state index < -0.39 is 0 Å². The van der Waals surface area contributed by atoms with Crippen molar-refractivity contribution in [1.82, 2.24) is 19.2 Å². The smallest absolute Gasteiger partial charge is 0.267 e. The van der Waals surface area contributed by atoms with Crippen molar-refractivity contribution in [2.45, 2.75) is 13.5 Å². The number of rotatable bonds is 4. The molecule has 0 saturated carbocycles. The van der Waals surface area contributed by atoms with E-state index in [-0.39, 0.29) is 18.3 Å². The number of thiocarbonyl (C=S) groups is 1. The lowest BCUT2D eigenvalue weighted by molar-refractivity contribution is -0.122. The third kappa shape index (κ3) is 4.36. The average molecular weight is 536 g/mol. The molecule has 3 aliphatic heterocycles. The van der Waals surface area contributed by atoms with E-state index in [9.17, 15) is 9.59 Å². The van der Waals surface area contributed by atoms with Gasteiger partial charge in [0.2, 0.25) is 6.79 Å². The summed E-state index contributed by atoms with van der Waals surface area (Å²) in [7, 11) is 2.08. The van der Waals surface area contributed by atoms with Crippen molar-refractivity contribution in [2.24, 2.45) is 0 Å². The Balaban J connectivity index is 1.37. The van der Waals surface area contributed by atoms with Gasteiger partial charge in [-0.05, 0) is 49.4 Å². The molecule has 11 heteroatoms. The Bertz CT molecular complexity index is 1530. The lowest BCUT2D eigenvalue weighted by atomic mass is 10.2. The number of piperazine rings is 1. The number of aryl methyl sites for hydroxylation is 1. The van der Waals surface area contributed by atoms with Gasteiger partial charge in [0.1, 0.15) is 15.8 Å². The molecule has 2 fully saturated rings. The van der Waals surface area contributed by atoms with Gasteiger partial charge in [0.05, 0.1) is 17.0 Å². The lowest BCUT2D eigenvalue weighted by Crippen LogP contribution is -2.45. The number of aromatic nitrogens is 2. The fraction of sp³-hybridized carbons (Fsp3) is 0.308. The summed E-state index contributed by atoms with van der Waals surface area (Å²) in [6.07, 6.45) is 3.38. The van der Waals surface area contributed by atoms with Crippen LogP contribution in [0.3, 0.4) is 0 Å². The standard InChI is InChI=1S/C26H25N5O4S2/c1-16-4-3-7-30-22(16)27-23(29-10-8-28(2)9-11-29)18(24(30)32)13-21-25(33)31(26(36)37-21)14-17-5-6-19-20(12-17)35-15-34-19/h3-7,12-13H,8-11,14-15H2,1-2H3/b21-13-. The molecule has 5 heterocycles. The first kappa shape index (κ1) is 24.0. The van der Waals surface area contributed by atoms with Crippen LogP contribution in [0.2, 0.25) is 0 Å². The highest BCUT2D eigenvalue weighted by Crippen LogP contribution is 2.37. The monoisotopic (exact) mass is 535 g/mol. The SMILES string of the molecule is Cc1cccn2c(=O)c(/C=C3\SC(=S)N(Cc4ccc5c(c4)OCO5)C3=O)c(N3CCN(C)CC3)nc12. The van der Waals surface area contributed by atoms with Crippen molar-refractivity contribution >= 4 is 51.7 Å². The molecule has 0 unspecified atom stereocenters. The predicted molar refractivity (Wildman–Crippen MR) is 147 cm³/mol. The molecule has 1 amide bonds. The van der Waals surface area contributed by atoms with Crippen molar-refractivity contribution in [2.75, 3.05) is 44.9 Å². The topological polar surface area (TPSA) is 79.6 Å². The number of likely N-dealkylation sites (N-methyl/N-ethyl adjacent to an activating group) is 1. The summed E-state index contributed by atoms with van der Waals surface area (Å²) in [6.45, 7) is 5.66. The molecule has 1 aromatic carbocycles. The molecule has 190 valence electrons. The van der Waals surface area contributed by atoms with Gasteiger partial charge in [-0.2, -0.15) is 0 Å². The number of fused-ring (bicyclic) bond motifs is 2. The molecule has 0 radical (unpaired) electrons. The first-order chi connectivity index (χ1) is 17.9. The maximum Gasteiger partial charge on any atom is 0.267 e. The van der Waals surface area contributed by atoms with Gasteiger partial charge in [-0.3, -0.25) is 18.9 Å². The zero-order valence-corrected chi connectivity index (χ0v) is 22.1. The number of hydrogen-bond acceptors (Lipinski definition) is 9. The number of benzene rings is 1. The molecule has 6 rings (SSSR count). The third-order valence-corrected chi connectivity index (χ3v) is 8.17. The van der Waals surface area contributed by atoms with E-state index in [2.05, 4.69) is 16.8 Å². The van der Waals surface area contributed by atoms with Crippen molar-refractivity contribution in [3.05, 3.63) is 68.5 Å². The number of pyridine rings is 1. The van der Waals surface area contributed by atoms with E-state index >= 15 is 0 Å². The summed E-state index contributed by atoms with van der Waals surface area (Å²) in [6, 6.07) is 9.35. The number of thioether (sulfide) groups is 1. The largest absolute Gasteiger partial charge is 0.454 e. The molecule has 2 aromatic heterocycles. The minimum Gasteiger partial charge on any atom is -0.454 e. The number of ether oxygens (including phenoxy) is 2. The molecule has 9 nitrogen and oxygen atoms in total. The van der Waals surface area contributed by atoms with E-state index in [0.29, 0.717) is 44.3 Å². The Kier molecular flexibility index (Phi) is 6.13. The summed E-state index contributed by atoms with van der Waals surface area (Å²) >= 11 is 6.77. The molecule has 3 aromatic rings. The molecule has 0 bridgehead atoms. The van der Waals surface area contributed by atoms with Gasteiger partial charge >= 0.3 is 0 Å². The second-order valence-electron chi connectivity index (χ2n) is 9.28. The highest BCUT2D eigenvalue weighted by Gasteiger charge is 2.33. The van der Waals surface area contributed by atoms with E-state index in [1.54, 1.807) is 21.6 Å². The maximum absolute atomic E-state index is 13.7. The quantitative estimate of drug-likeness (QED) is 0.370. The van der Waals surface area contributed by atoms with Crippen LogP contribution in [-0.4, -0.2) is 69.4 Å². The van der Waals surface area contributed by atoms with Crippen molar-refractivity contribution in [3.8, 4) is 11.5 Å². The molecule has 3 aliphatic rings. The van der Waals surface area contributed by atoms with E-state index in [0.717, 1.165) is 37.3 Å². The number of nitrogens with zero attached hydrogens (tertiary/aromatic N) is 5. The molecular formula is C26H25N5O4S2. The normalized spacial score (nSPS) is 19.0. The predicted octanol–water partition coefficient (Wildman–Crippen LogP) is 2.88. The van der Waals surface area contributed by atoms with Gasteiger partial charge in [0.25, 0.3) is 11.5 Å². The summed E-state index contributed by atoms with van der Waals surface area (Å²) < 4.78 is 12.8. The van der Waals surface area contributed by atoms with Crippen LogP contribution < -0.4 is 19.9 Å². The Morgan fingerprint density at radius 2 is 1.89 bits per heavy atom. The summed E-state index contributed by atoms with van der Waals surface area (Å²) in [5.74, 6) is 1.71.